The van der Waals surface area contributed by atoms with E-state index in [1.54, 1.807) is 12.1 Å². The van der Waals surface area contributed by atoms with Crippen molar-refractivity contribution in [3.63, 3.8) is 0 Å². The molecule has 0 saturated carbocycles. The summed E-state index contributed by atoms with van der Waals surface area (Å²) in [5.41, 5.74) is 0.924. The fraction of sp³-hybridized carbons (Fsp3) is 0.600. The van der Waals surface area contributed by atoms with Crippen molar-refractivity contribution in [3.05, 3.63) is 17.7 Å². The number of aliphatic hydroxyl groups excluding tert-OH is 1. The van der Waals surface area contributed by atoms with Gasteiger partial charge >= 0.3 is 0 Å². The number of ether oxygens (including phenoxy) is 2. The zero-order valence-electron chi connectivity index (χ0n) is 12.6. The summed E-state index contributed by atoms with van der Waals surface area (Å²) in [6.07, 6.45) is 0.422. The van der Waals surface area contributed by atoms with Crippen LogP contribution in [0, 0.1) is 5.92 Å². The van der Waals surface area contributed by atoms with Crippen LogP contribution in [-0.2, 0) is 6.54 Å². The Labute approximate surface area is 120 Å². The molecule has 0 radical (unpaired) electrons. The molecule has 0 saturated heterocycles. The van der Waals surface area contributed by atoms with Crippen LogP contribution in [0.1, 0.15) is 25.8 Å². The van der Waals surface area contributed by atoms with Gasteiger partial charge in [0, 0.05) is 13.1 Å². The lowest BCUT2D eigenvalue weighted by molar-refractivity contribution is 0.146. The van der Waals surface area contributed by atoms with Crippen LogP contribution in [-0.4, -0.2) is 37.1 Å². The standard InChI is InChI=1S/C15H25NO4/c1-10(2)5-12(17)9-16-8-11-6-13(19-3)15(18)14(7-11)20-4/h6-7,10,12,16-18H,5,8-9H2,1-4H3. The minimum Gasteiger partial charge on any atom is -0.502 e. The molecule has 0 amide bonds. The van der Waals surface area contributed by atoms with E-state index in [4.69, 9.17) is 9.47 Å². The second-order valence-corrected chi connectivity index (χ2v) is 5.26. The molecular weight excluding hydrogens is 258 g/mol. The van der Waals surface area contributed by atoms with Crippen LogP contribution >= 0.6 is 0 Å². The van der Waals surface area contributed by atoms with Crippen LogP contribution in [0.3, 0.4) is 0 Å². The van der Waals surface area contributed by atoms with E-state index < -0.39 is 0 Å². The maximum absolute atomic E-state index is 9.82. The third-order valence-electron chi connectivity index (χ3n) is 2.99. The summed E-state index contributed by atoms with van der Waals surface area (Å²) in [7, 11) is 3.00. The third kappa shape index (κ3) is 4.90. The number of benzene rings is 1. The minimum atomic E-state index is -0.351. The van der Waals surface area contributed by atoms with Gasteiger partial charge in [0.05, 0.1) is 20.3 Å². The summed E-state index contributed by atoms with van der Waals surface area (Å²) in [6.45, 7) is 5.27. The summed E-state index contributed by atoms with van der Waals surface area (Å²) >= 11 is 0. The van der Waals surface area contributed by atoms with Gasteiger partial charge in [0.1, 0.15) is 0 Å². The average Bonchev–Trinajstić information content (AvgIpc) is 2.39. The lowest BCUT2D eigenvalue weighted by Gasteiger charge is -2.15. The van der Waals surface area contributed by atoms with Gasteiger partial charge in [-0.2, -0.15) is 0 Å². The van der Waals surface area contributed by atoms with Crippen molar-refractivity contribution in [2.45, 2.75) is 32.9 Å². The quantitative estimate of drug-likeness (QED) is 0.680. The van der Waals surface area contributed by atoms with Crippen molar-refractivity contribution >= 4 is 0 Å². The van der Waals surface area contributed by atoms with Crippen LogP contribution in [0.2, 0.25) is 0 Å². The van der Waals surface area contributed by atoms with Gasteiger partial charge in [0.2, 0.25) is 5.75 Å². The van der Waals surface area contributed by atoms with Crippen molar-refractivity contribution < 1.29 is 19.7 Å². The smallest absolute Gasteiger partial charge is 0.200 e. The number of hydrogen-bond acceptors (Lipinski definition) is 5. The SMILES string of the molecule is COc1cc(CNCC(O)CC(C)C)cc(OC)c1O. The Balaban J connectivity index is 2.60. The maximum Gasteiger partial charge on any atom is 0.200 e. The van der Waals surface area contributed by atoms with Gasteiger partial charge < -0.3 is 25.0 Å². The number of hydrogen-bond donors (Lipinski definition) is 3. The molecule has 1 aromatic rings. The number of aliphatic hydroxyl groups is 1. The summed E-state index contributed by atoms with van der Waals surface area (Å²) in [4.78, 5) is 0. The zero-order chi connectivity index (χ0) is 15.1. The Kier molecular flexibility index (Phi) is 6.61. The fourth-order valence-electron chi connectivity index (χ4n) is 2.06. The van der Waals surface area contributed by atoms with Crippen LogP contribution in [0.15, 0.2) is 12.1 Å². The van der Waals surface area contributed by atoms with Gasteiger partial charge in [-0.1, -0.05) is 13.8 Å². The van der Waals surface area contributed by atoms with E-state index in [-0.39, 0.29) is 11.9 Å². The summed E-state index contributed by atoms with van der Waals surface area (Å²) in [5, 5.41) is 22.8. The first kappa shape index (κ1) is 16.6. The molecule has 1 unspecified atom stereocenters. The highest BCUT2D eigenvalue weighted by atomic mass is 16.5. The van der Waals surface area contributed by atoms with E-state index in [1.165, 1.54) is 14.2 Å². The van der Waals surface area contributed by atoms with Crippen molar-refractivity contribution in [2.24, 2.45) is 5.92 Å². The number of methoxy groups -OCH3 is 2. The molecule has 1 aromatic carbocycles. The van der Waals surface area contributed by atoms with Gasteiger partial charge in [0.15, 0.2) is 11.5 Å². The first-order valence-electron chi connectivity index (χ1n) is 6.80. The van der Waals surface area contributed by atoms with Gasteiger partial charge in [-0.05, 0) is 30.0 Å². The Bertz CT molecular complexity index is 395. The average molecular weight is 283 g/mol. The van der Waals surface area contributed by atoms with Crippen LogP contribution in [0.4, 0.5) is 0 Å². The lowest BCUT2D eigenvalue weighted by atomic mass is 10.1. The second kappa shape index (κ2) is 7.97. The first-order valence-corrected chi connectivity index (χ1v) is 6.80. The predicted molar refractivity (Wildman–Crippen MR) is 78.4 cm³/mol. The zero-order valence-corrected chi connectivity index (χ0v) is 12.6. The molecular formula is C15H25NO4. The first-order chi connectivity index (χ1) is 9.47. The molecule has 0 aromatic heterocycles. The number of phenolic OH excluding ortho intramolecular Hbond substituents is 1. The third-order valence-corrected chi connectivity index (χ3v) is 2.99. The minimum absolute atomic E-state index is 0.00130. The number of phenols is 1. The number of rotatable bonds is 8. The van der Waals surface area contributed by atoms with Crippen molar-refractivity contribution in [3.8, 4) is 17.2 Å². The van der Waals surface area contributed by atoms with Crippen molar-refractivity contribution in [1.82, 2.24) is 5.32 Å². The molecule has 0 bridgehead atoms. The molecule has 0 heterocycles. The summed E-state index contributed by atoms with van der Waals surface area (Å²) in [6, 6.07) is 3.50. The normalized spacial score (nSPS) is 12.5. The van der Waals surface area contributed by atoms with E-state index >= 15 is 0 Å². The maximum atomic E-state index is 9.82. The fourth-order valence-corrected chi connectivity index (χ4v) is 2.06. The highest BCUT2D eigenvalue weighted by Crippen LogP contribution is 2.36. The molecule has 1 rings (SSSR count). The lowest BCUT2D eigenvalue weighted by Crippen LogP contribution is -2.27. The van der Waals surface area contributed by atoms with E-state index in [0.717, 1.165) is 12.0 Å². The topological polar surface area (TPSA) is 71.0 Å². The molecule has 0 aliphatic heterocycles. The van der Waals surface area contributed by atoms with Crippen molar-refractivity contribution in [1.29, 1.82) is 0 Å². The monoisotopic (exact) mass is 283 g/mol. The molecule has 5 heteroatoms. The molecule has 1 atom stereocenters. The van der Waals surface area contributed by atoms with Gasteiger partial charge in [-0.15, -0.1) is 0 Å². The van der Waals surface area contributed by atoms with E-state index in [0.29, 0.717) is 30.5 Å². The number of nitrogens with one attached hydrogen (secondary N) is 1. The van der Waals surface area contributed by atoms with Crippen LogP contribution < -0.4 is 14.8 Å². The van der Waals surface area contributed by atoms with E-state index in [1.807, 2.05) is 0 Å². The molecule has 3 N–H and O–H groups in total. The molecule has 20 heavy (non-hydrogen) atoms. The van der Waals surface area contributed by atoms with Gasteiger partial charge in [-0.3, -0.25) is 0 Å². The molecule has 5 nitrogen and oxygen atoms in total. The Morgan fingerprint density at radius 2 is 1.70 bits per heavy atom. The highest BCUT2D eigenvalue weighted by Gasteiger charge is 2.11. The van der Waals surface area contributed by atoms with E-state index in [2.05, 4.69) is 19.2 Å². The van der Waals surface area contributed by atoms with E-state index in [9.17, 15) is 10.2 Å². The van der Waals surface area contributed by atoms with Crippen LogP contribution in [0.5, 0.6) is 17.2 Å². The molecule has 0 spiro atoms. The predicted octanol–water partition coefficient (Wildman–Crippen LogP) is 1.91. The number of aromatic hydroxyl groups is 1. The second-order valence-electron chi connectivity index (χ2n) is 5.26. The molecule has 114 valence electrons. The van der Waals surface area contributed by atoms with Gasteiger partial charge in [-0.25, -0.2) is 0 Å². The Morgan fingerprint density at radius 1 is 1.15 bits per heavy atom. The highest BCUT2D eigenvalue weighted by molar-refractivity contribution is 5.52. The van der Waals surface area contributed by atoms with Crippen molar-refractivity contribution in [2.75, 3.05) is 20.8 Å². The Morgan fingerprint density at radius 3 is 2.15 bits per heavy atom. The molecule has 0 aliphatic rings. The summed E-state index contributed by atoms with van der Waals surface area (Å²) < 4.78 is 10.2. The molecule has 0 fully saturated rings. The van der Waals surface area contributed by atoms with Crippen LogP contribution in [0.25, 0.3) is 0 Å². The Hall–Kier alpha value is -1.46. The van der Waals surface area contributed by atoms with Gasteiger partial charge in [0.25, 0.3) is 0 Å². The largest absolute Gasteiger partial charge is 0.502 e. The molecule has 0 aliphatic carbocycles. The summed E-state index contributed by atoms with van der Waals surface area (Å²) in [5.74, 6) is 1.23.